The van der Waals surface area contributed by atoms with Gasteiger partial charge in [0.05, 0.1) is 0 Å². The SMILES string of the molecule is CC1=CCCC(C)(C)C1/C=C/C(=C/C=C\C(C)=C\C=O)C1CC1. The normalized spacial score (nSPS) is 25.9. The number of hydrogen-bond donors (Lipinski definition) is 0. The highest BCUT2D eigenvalue weighted by Crippen LogP contribution is 2.43. The van der Waals surface area contributed by atoms with E-state index in [1.807, 2.05) is 13.0 Å². The smallest absolute Gasteiger partial charge is 0.143 e. The lowest BCUT2D eigenvalue weighted by atomic mass is 9.68. The summed E-state index contributed by atoms with van der Waals surface area (Å²) in [5.74, 6) is 1.27. The quantitative estimate of drug-likeness (QED) is 0.256. The van der Waals surface area contributed by atoms with E-state index in [0.29, 0.717) is 11.3 Å². The second kappa shape index (κ2) is 7.77. The summed E-state index contributed by atoms with van der Waals surface area (Å²) >= 11 is 0. The first-order valence-corrected chi connectivity index (χ1v) is 8.79. The Morgan fingerprint density at radius 2 is 1.96 bits per heavy atom. The molecule has 0 heterocycles. The largest absolute Gasteiger partial charge is 0.299 e. The zero-order valence-corrected chi connectivity index (χ0v) is 15.0. The molecular weight excluding hydrogens is 280 g/mol. The average Bonchev–Trinajstić information content (AvgIpc) is 3.29. The third kappa shape index (κ3) is 5.20. The first-order chi connectivity index (χ1) is 10.9. The predicted molar refractivity (Wildman–Crippen MR) is 99.2 cm³/mol. The number of allylic oxidation sites excluding steroid dienone is 10. The fraction of sp³-hybridized carbons (Fsp3) is 0.500. The van der Waals surface area contributed by atoms with Gasteiger partial charge in [-0.25, -0.2) is 0 Å². The van der Waals surface area contributed by atoms with Gasteiger partial charge >= 0.3 is 0 Å². The van der Waals surface area contributed by atoms with Crippen LogP contribution in [0.5, 0.6) is 0 Å². The summed E-state index contributed by atoms with van der Waals surface area (Å²) in [5.41, 5.74) is 4.27. The van der Waals surface area contributed by atoms with E-state index >= 15 is 0 Å². The van der Waals surface area contributed by atoms with E-state index in [2.05, 4.69) is 51.2 Å². The van der Waals surface area contributed by atoms with Crippen LogP contribution in [-0.2, 0) is 4.79 Å². The maximum Gasteiger partial charge on any atom is 0.143 e. The molecule has 0 aliphatic heterocycles. The molecule has 0 aromatic rings. The molecule has 124 valence electrons. The van der Waals surface area contributed by atoms with Gasteiger partial charge in [-0.15, -0.1) is 0 Å². The highest BCUT2D eigenvalue weighted by molar-refractivity contribution is 5.66. The van der Waals surface area contributed by atoms with Crippen molar-refractivity contribution in [2.75, 3.05) is 0 Å². The summed E-state index contributed by atoms with van der Waals surface area (Å²) in [6, 6.07) is 0. The van der Waals surface area contributed by atoms with Crippen molar-refractivity contribution in [3.8, 4) is 0 Å². The van der Waals surface area contributed by atoms with Crippen molar-refractivity contribution in [3.63, 3.8) is 0 Å². The summed E-state index contributed by atoms with van der Waals surface area (Å²) in [6.07, 6.45) is 20.9. The Morgan fingerprint density at radius 1 is 1.22 bits per heavy atom. The van der Waals surface area contributed by atoms with Gasteiger partial charge in [-0.3, -0.25) is 4.79 Å². The van der Waals surface area contributed by atoms with Gasteiger partial charge < -0.3 is 0 Å². The first kappa shape index (κ1) is 17.7. The molecule has 0 bridgehead atoms. The van der Waals surface area contributed by atoms with Crippen molar-refractivity contribution < 1.29 is 4.79 Å². The number of hydrogen-bond acceptors (Lipinski definition) is 1. The fourth-order valence-electron chi connectivity index (χ4n) is 3.41. The molecule has 2 aliphatic rings. The summed E-state index contributed by atoms with van der Waals surface area (Å²) in [4.78, 5) is 10.5. The van der Waals surface area contributed by atoms with Gasteiger partial charge in [0.15, 0.2) is 0 Å². The molecule has 0 aromatic carbocycles. The Balaban J connectivity index is 2.13. The monoisotopic (exact) mass is 310 g/mol. The number of carbonyl (C=O) groups excluding carboxylic acids is 1. The van der Waals surface area contributed by atoms with Gasteiger partial charge in [0, 0.05) is 5.92 Å². The van der Waals surface area contributed by atoms with Crippen molar-refractivity contribution in [2.45, 2.75) is 53.4 Å². The summed E-state index contributed by atoms with van der Waals surface area (Å²) in [7, 11) is 0. The van der Waals surface area contributed by atoms with Crippen LogP contribution in [-0.4, -0.2) is 6.29 Å². The fourth-order valence-corrected chi connectivity index (χ4v) is 3.41. The van der Waals surface area contributed by atoms with Crippen LogP contribution in [0.3, 0.4) is 0 Å². The molecule has 2 aliphatic carbocycles. The lowest BCUT2D eigenvalue weighted by Crippen LogP contribution is -2.26. The number of rotatable bonds is 6. The Bertz CT molecular complexity index is 577. The lowest BCUT2D eigenvalue weighted by Gasteiger charge is -2.36. The van der Waals surface area contributed by atoms with Crippen molar-refractivity contribution in [3.05, 3.63) is 59.3 Å². The van der Waals surface area contributed by atoms with Gasteiger partial charge in [0.1, 0.15) is 6.29 Å². The minimum atomic E-state index is 0.350. The van der Waals surface area contributed by atoms with E-state index in [9.17, 15) is 4.79 Å². The summed E-state index contributed by atoms with van der Waals surface area (Å²) < 4.78 is 0. The minimum Gasteiger partial charge on any atom is -0.299 e. The maximum absolute atomic E-state index is 10.5. The average molecular weight is 310 g/mol. The molecule has 0 radical (unpaired) electrons. The van der Waals surface area contributed by atoms with Crippen LogP contribution in [0.4, 0.5) is 0 Å². The summed E-state index contributed by atoms with van der Waals surface area (Å²) in [5, 5.41) is 0. The van der Waals surface area contributed by atoms with Crippen LogP contribution in [0.1, 0.15) is 53.4 Å². The van der Waals surface area contributed by atoms with Crippen LogP contribution < -0.4 is 0 Å². The molecule has 23 heavy (non-hydrogen) atoms. The van der Waals surface area contributed by atoms with Crippen LogP contribution in [0.25, 0.3) is 0 Å². The molecule has 0 spiro atoms. The van der Waals surface area contributed by atoms with Gasteiger partial charge in [0.2, 0.25) is 0 Å². The highest BCUT2D eigenvalue weighted by atomic mass is 16.1. The zero-order valence-electron chi connectivity index (χ0n) is 15.0. The van der Waals surface area contributed by atoms with Gasteiger partial charge in [0.25, 0.3) is 0 Å². The molecule has 1 fully saturated rings. The Labute approximate surface area is 141 Å². The second-order valence-electron chi connectivity index (χ2n) is 7.66. The molecule has 1 saturated carbocycles. The summed E-state index contributed by atoms with van der Waals surface area (Å²) in [6.45, 7) is 8.98. The van der Waals surface area contributed by atoms with E-state index in [1.54, 1.807) is 6.08 Å². The van der Waals surface area contributed by atoms with Crippen LogP contribution in [0.15, 0.2) is 59.3 Å². The number of aldehydes is 1. The maximum atomic E-state index is 10.5. The van der Waals surface area contributed by atoms with Gasteiger partial charge in [-0.2, -0.15) is 0 Å². The number of carbonyl (C=O) groups is 1. The molecule has 0 N–H and O–H groups in total. The van der Waals surface area contributed by atoms with E-state index in [4.69, 9.17) is 0 Å². The van der Waals surface area contributed by atoms with Gasteiger partial charge in [-0.05, 0) is 68.1 Å². The highest BCUT2D eigenvalue weighted by Gasteiger charge is 2.31. The molecule has 2 rings (SSSR count). The van der Waals surface area contributed by atoms with Crippen molar-refractivity contribution in [1.82, 2.24) is 0 Å². The van der Waals surface area contributed by atoms with Crippen LogP contribution in [0.2, 0.25) is 0 Å². The molecule has 1 atom stereocenters. The molecule has 0 saturated heterocycles. The topological polar surface area (TPSA) is 17.1 Å². The van der Waals surface area contributed by atoms with E-state index in [-0.39, 0.29) is 0 Å². The van der Waals surface area contributed by atoms with Gasteiger partial charge in [-0.1, -0.05) is 55.9 Å². The minimum absolute atomic E-state index is 0.350. The Morgan fingerprint density at radius 3 is 2.57 bits per heavy atom. The lowest BCUT2D eigenvalue weighted by molar-refractivity contribution is -0.104. The molecule has 1 nitrogen and oxygen atoms in total. The second-order valence-corrected chi connectivity index (χ2v) is 7.66. The standard InChI is InChI=1S/C22H30O/c1-17(14-16-23)7-5-9-19(20-10-11-20)12-13-21-18(2)8-6-15-22(21,3)4/h5,7-9,12-14,16,20-21H,6,10-11,15H2,1-4H3/b7-5-,13-12+,17-14+,19-9-. The van der Waals surface area contributed by atoms with E-state index < -0.39 is 0 Å². The van der Waals surface area contributed by atoms with Crippen molar-refractivity contribution in [1.29, 1.82) is 0 Å². The van der Waals surface area contributed by atoms with Crippen molar-refractivity contribution >= 4 is 6.29 Å². The molecule has 0 amide bonds. The third-order valence-corrected chi connectivity index (χ3v) is 5.10. The van der Waals surface area contributed by atoms with E-state index in [0.717, 1.165) is 17.8 Å². The molecule has 0 aromatic heterocycles. The Hall–Kier alpha value is -1.63. The third-order valence-electron chi connectivity index (χ3n) is 5.10. The van der Waals surface area contributed by atoms with Crippen molar-refractivity contribution in [2.24, 2.45) is 17.3 Å². The first-order valence-electron chi connectivity index (χ1n) is 8.79. The van der Waals surface area contributed by atoms with E-state index in [1.165, 1.54) is 36.8 Å². The molecular formula is C22H30O. The van der Waals surface area contributed by atoms with Crippen LogP contribution in [0, 0.1) is 17.3 Å². The zero-order chi connectivity index (χ0) is 16.9. The van der Waals surface area contributed by atoms with Crippen LogP contribution >= 0.6 is 0 Å². The predicted octanol–water partition coefficient (Wildman–Crippen LogP) is 5.96. The molecule has 1 heteroatoms. The Kier molecular flexibility index (Phi) is 5.98. The molecule has 1 unspecified atom stereocenters.